The van der Waals surface area contributed by atoms with E-state index in [1.54, 1.807) is 30.8 Å². The van der Waals surface area contributed by atoms with Crippen molar-refractivity contribution in [2.75, 3.05) is 5.32 Å². The number of benzene rings is 1. The number of hydrogen-bond acceptors (Lipinski definition) is 4. The third-order valence-corrected chi connectivity index (χ3v) is 4.68. The van der Waals surface area contributed by atoms with E-state index < -0.39 is 5.56 Å². The monoisotopic (exact) mass is 375 g/mol. The van der Waals surface area contributed by atoms with Crippen molar-refractivity contribution in [3.8, 4) is 6.07 Å². The van der Waals surface area contributed by atoms with Crippen molar-refractivity contribution < 1.29 is 4.79 Å². The highest BCUT2D eigenvalue weighted by atomic mass is 16.1. The zero-order valence-electron chi connectivity index (χ0n) is 15.8. The Labute approximate surface area is 162 Å². The maximum Gasteiger partial charge on any atom is 0.266 e. The van der Waals surface area contributed by atoms with Crippen molar-refractivity contribution in [3.63, 3.8) is 0 Å². The third kappa shape index (κ3) is 4.18. The van der Waals surface area contributed by atoms with Gasteiger partial charge in [-0.15, -0.1) is 0 Å². The minimum absolute atomic E-state index is 0.0990. The molecule has 0 radical (unpaired) electrons. The summed E-state index contributed by atoms with van der Waals surface area (Å²) >= 11 is 0. The first-order valence-corrected chi connectivity index (χ1v) is 8.97. The quantitative estimate of drug-likeness (QED) is 0.691. The fourth-order valence-electron chi connectivity index (χ4n) is 3.19. The molecule has 3 rings (SSSR count). The number of anilines is 1. The van der Waals surface area contributed by atoms with Crippen LogP contribution in [0.15, 0.2) is 47.4 Å². The number of nitriles is 1. The fourth-order valence-corrected chi connectivity index (χ4v) is 3.19. The molecule has 2 N–H and O–H groups in total. The Morgan fingerprint density at radius 1 is 1.25 bits per heavy atom. The zero-order valence-corrected chi connectivity index (χ0v) is 15.8. The highest BCUT2D eigenvalue weighted by Gasteiger charge is 2.14. The number of rotatable bonds is 6. The molecule has 3 aromatic rings. The first-order chi connectivity index (χ1) is 13.5. The van der Waals surface area contributed by atoms with Crippen LogP contribution in [0.25, 0.3) is 0 Å². The van der Waals surface area contributed by atoms with Crippen molar-refractivity contribution in [1.29, 1.82) is 5.26 Å². The van der Waals surface area contributed by atoms with Crippen molar-refractivity contribution in [2.45, 2.75) is 33.2 Å². The summed E-state index contributed by atoms with van der Waals surface area (Å²) < 4.78 is 1.73. The Kier molecular flexibility index (Phi) is 5.70. The molecule has 0 saturated heterocycles. The molecule has 7 heteroatoms. The molecule has 142 valence electrons. The summed E-state index contributed by atoms with van der Waals surface area (Å²) in [7, 11) is 0. The van der Waals surface area contributed by atoms with Gasteiger partial charge >= 0.3 is 0 Å². The van der Waals surface area contributed by atoms with E-state index in [1.165, 1.54) is 0 Å². The molecule has 0 spiro atoms. The van der Waals surface area contributed by atoms with Gasteiger partial charge in [0.15, 0.2) is 0 Å². The van der Waals surface area contributed by atoms with E-state index in [-0.39, 0.29) is 17.9 Å². The molecule has 7 nitrogen and oxygen atoms in total. The number of aromatic nitrogens is 3. The van der Waals surface area contributed by atoms with Crippen LogP contribution < -0.4 is 10.9 Å². The normalized spacial score (nSPS) is 10.5. The summed E-state index contributed by atoms with van der Waals surface area (Å²) in [5, 5.41) is 16.3. The Bertz CT molecular complexity index is 1090. The van der Waals surface area contributed by atoms with Gasteiger partial charge in [-0.25, -0.2) is 4.68 Å². The van der Waals surface area contributed by atoms with E-state index in [1.807, 2.05) is 36.4 Å². The molecule has 28 heavy (non-hydrogen) atoms. The van der Waals surface area contributed by atoms with Crippen LogP contribution in [0.1, 0.15) is 34.4 Å². The minimum atomic E-state index is -0.393. The summed E-state index contributed by atoms with van der Waals surface area (Å²) in [6, 6.07) is 13.6. The van der Waals surface area contributed by atoms with Crippen LogP contribution in [0.2, 0.25) is 0 Å². The Hall–Kier alpha value is -3.66. The molecule has 0 saturated carbocycles. The predicted octanol–water partition coefficient (Wildman–Crippen LogP) is 2.68. The van der Waals surface area contributed by atoms with Crippen LogP contribution in [0.3, 0.4) is 0 Å². The lowest BCUT2D eigenvalue weighted by Crippen LogP contribution is -2.19. The van der Waals surface area contributed by atoms with Crippen LogP contribution in [0.5, 0.6) is 0 Å². The molecule has 1 aromatic carbocycles. The maximum atomic E-state index is 12.4. The number of hydrogen-bond donors (Lipinski definition) is 2. The molecule has 2 heterocycles. The van der Waals surface area contributed by atoms with Gasteiger partial charge in [-0.05, 0) is 37.0 Å². The second kappa shape index (κ2) is 8.35. The van der Waals surface area contributed by atoms with E-state index in [9.17, 15) is 9.59 Å². The van der Waals surface area contributed by atoms with E-state index in [2.05, 4.69) is 15.4 Å². The largest absolute Gasteiger partial charge is 0.325 e. The molecular weight excluding hydrogens is 354 g/mol. The first kappa shape index (κ1) is 19.1. The number of amides is 1. The second-order valence-electron chi connectivity index (χ2n) is 6.58. The van der Waals surface area contributed by atoms with Crippen LogP contribution >= 0.6 is 0 Å². The molecule has 0 atom stereocenters. The van der Waals surface area contributed by atoms with E-state index in [0.29, 0.717) is 30.0 Å². The van der Waals surface area contributed by atoms with Gasteiger partial charge < -0.3 is 10.3 Å². The lowest BCUT2D eigenvalue weighted by atomic mass is 9.99. The van der Waals surface area contributed by atoms with Gasteiger partial charge in [0.25, 0.3) is 5.56 Å². The zero-order chi connectivity index (χ0) is 20.1. The van der Waals surface area contributed by atoms with E-state index >= 15 is 0 Å². The van der Waals surface area contributed by atoms with Crippen molar-refractivity contribution in [1.82, 2.24) is 14.8 Å². The molecule has 0 aliphatic heterocycles. The Balaban J connectivity index is 1.68. The smallest absolute Gasteiger partial charge is 0.266 e. The molecule has 2 aromatic heterocycles. The van der Waals surface area contributed by atoms with E-state index in [0.717, 1.165) is 11.1 Å². The second-order valence-corrected chi connectivity index (χ2v) is 6.58. The number of nitrogens with zero attached hydrogens (tertiary/aromatic N) is 3. The van der Waals surface area contributed by atoms with Gasteiger partial charge in [0.2, 0.25) is 5.91 Å². The molecule has 0 unspecified atom stereocenters. The molecule has 0 bridgehead atoms. The van der Waals surface area contributed by atoms with Crippen LogP contribution in [-0.4, -0.2) is 20.7 Å². The topological polar surface area (TPSA) is 104 Å². The lowest BCUT2D eigenvalue weighted by Gasteiger charge is -2.12. The van der Waals surface area contributed by atoms with Crippen LogP contribution in [-0.2, 0) is 17.8 Å². The fraction of sp³-hybridized carbons (Fsp3) is 0.238. The first-order valence-electron chi connectivity index (χ1n) is 8.97. The van der Waals surface area contributed by atoms with Gasteiger partial charge in [0.05, 0.1) is 12.7 Å². The van der Waals surface area contributed by atoms with Crippen molar-refractivity contribution in [3.05, 3.63) is 80.9 Å². The van der Waals surface area contributed by atoms with Gasteiger partial charge in [0, 0.05) is 18.2 Å². The van der Waals surface area contributed by atoms with Gasteiger partial charge in [-0.2, -0.15) is 10.4 Å². The van der Waals surface area contributed by atoms with Crippen LogP contribution in [0.4, 0.5) is 5.82 Å². The predicted molar refractivity (Wildman–Crippen MR) is 106 cm³/mol. The molecule has 1 amide bonds. The van der Waals surface area contributed by atoms with Crippen LogP contribution in [0, 0.1) is 25.2 Å². The minimum Gasteiger partial charge on any atom is -0.325 e. The maximum absolute atomic E-state index is 12.4. The number of H-pyrrole nitrogens is 1. The standard InChI is InChI=1S/C21H21N5O2/c1-14-17(15(2)24-21(28)18(14)12-22)8-9-20(27)25-19-10-11-23-26(19)13-16-6-4-3-5-7-16/h3-7,10-11H,8-9,13H2,1-2H3,(H,24,28)(H,25,27). The van der Waals surface area contributed by atoms with Gasteiger partial charge in [-0.3, -0.25) is 9.59 Å². The summed E-state index contributed by atoms with van der Waals surface area (Å²) in [6.45, 7) is 4.08. The number of carbonyl (C=O) groups is 1. The van der Waals surface area contributed by atoms with Crippen molar-refractivity contribution in [2.24, 2.45) is 0 Å². The number of pyridine rings is 1. The lowest BCUT2D eigenvalue weighted by molar-refractivity contribution is -0.116. The van der Waals surface area contributed by atoms with E-state index in [4.69, 9.17) is 5.26 Å². The molecule has 0 aliphatic rings. The van der Waals surface area contributed by atoms with Crippen molar-refractivity contribution >= 4 is 11.7 Å². The average molecular weight is 375 g/mol. The third-order valence-electron chi connectivity index (χ3n) is 4.68. The highest BCUT2D eigenvalue weighted by Crippen LogP contribution is 2.16. The summed E-state index contributed by atoms with van der Waals surface area (Å²) in [5.74, 6) is 0.472. The van der Waals surface area contributed by atoms with Gasteiger partial charge in [-0.1, -0.05) is 30.3 Å². The van der Waals surface area contributed by atoms with Gasteiger partial charge in [0.1, 0.15) is 17.5 Å². The molecule has 0 aliphatic carbocycles. The Morgan fingerprint density at radius 2 is 2.00 bits per heavy atom. The summed E-state index contributed by atoms with van der Waals surface area (Å²) in [4.78, 5) is 26.9. The Morgan fingerprint density at radius 3 is 2.71 bits per heavy atom. The SMILES string of the molecule is Cc1[nH]c(=O)c(C#N)c(C)c1CCC(=O)Nc1ccnn1Cc1ccccc1. The highest BCUT2D eigenvalue weighted by molar-refractivity contribution is 5.90. The number of aryl methyl sites for hydroxylation is 1. The number of nitrogens with one attached hydrogen (secondary N) is 2. The number of carbonyl (C=O) groups excluding carboxylic acids is 1. The molecule has 0 fully saturated rings. The summed E-state index contributed by atoms with van der Waals surface area (Å²) in [6.07, 6.45) is 2.31. The number of aromatic amines is 1. The molecular formula is C21H21N5O2. The average Bonchev–Trinajstić information content (AvgIpc) is 3.09. The summed E-state index contributed by atoms with van der Waals surface area (Å²) in [5.41, 5.74) is 2.93.